The minimum atomic E-state index is -0.192. The summed E-state index contributed by atoms with van der Waals surface area (Å²) in [6, 6.07) is 8.93. The lowest BCUT2D eigenvalue weighted by molar-refractivity contribution is 0.102. The highest BCUT2D eigenvalue weighted by molar-refractivity contribution is 7.14. The average Bonchev–Trinajstić information content (AvgIpc) is 3.17. The Kier molecular flexibility index (Phi) is 4.46. The van der Waals surface area contributed by atoms with Crippen LogP contribution in [0.2, 0.25) is 0 Å². The Morgan fingerprint density at radius 3 is 2.73 bits per heavy atom. The zero-order valence-electron chi connectivity index (χ0n) is 14.6. The molecule has 1 aliphatic carbocycles. The summed E-state index contributed by atoms with van der Waals surface area (Å²) in [6.07, 6.45) is 2.32. The second-order valence-corrected chi connectivity index (χ2v) is 7.46. The number of nitrogens with zero attached hydrogens (tertiary/aromatic N) is 2. The van der Waals surface area contributed by atoms with Crippen LogP contribution in [0.4, 0.5) is 5.69 Å². The molecule has 0 saturated heterocycles. The van der Waals surface area contributed by atoms with Crippen LogP contribution in [0.5, 0.6) is 5.75 Å². The smallest absolute Gasteiger partial charge is 0.270 e. The molecule has 1 aliphatic rings. The summed E-state index contributed by atoms with van der Waals surface area (Å²) in [5.74, 6) is 2.19. The SMILES string of the molecule is CC(C)Oc1ccc(C(=O)Nc2ccsc2-c2nc(C3CC3)no2)cc1. The van der Waals surface area contributed by atoms with E-state index in [4.69, 9.17) is 9.26 Å². The van der Waals surface area contributed by atoms with Gasteiger partial charge in [0.2, 0.25) is 0 Å². The topological polar surface area (TPSA) is 77.2 Å². The maximum atomic E-state index is 12.5. The summed E-state index contributed by atoms with van der Waals surface area (Å²) >= 11 is 1.46. The zero-order chi connectivity index (χ0) is 18.1. The second-order valence-electron chi connectivity index (χ2n) is 6.54. The zero-order valence-corrected chi connectivity index (χ0v) is 15.4. The van der Waals surface area contributed by atoms with Gasteiger partial charge in [-0.3, -0.25) is 4.79 Å². The first-order chi connectivity index (χ1) is 12.6. The minimum absolute atomic E-state index is 0.0953. The van der Waals surface area contributed by atoms with E-state index in [1.54, 1.807) is 24.3 Å². The number of hydrogen-bond acceptors (Lipinski definition) is 6. The van der Waals surface area contributed by atoms with Gasteiger partial charge >= 0.3 is 0 Å². The van der Waals surface area contributed by atoms with Crippen molar-refractivity contribution in [3.63, 3.8) is 0 Å². The van der Waals surface area contributed by atoms with Gasteiger partial charge < -0.3 is 14.6 Å². The van der Waals surface area contributed by atoms with E-state index >= 15 is 0 Å². The van der Waals surface area contributed by atoms with Crippen LogP contribution in [0.15, 0.2) is 40.2 Å². The predicted octanol–water partition coefficient (Wildman–Crippen LogP) is 4.72. The molecule has 0 aliphatic heterocycles. The highest BCUT2D eigenvalue weighted by Crippen LogP contribution is 2.40. The standard InChI is InChI=1S/C19H19N3O3S/c1-11(2)24-14-7-5-13(6-8-14)18(23)20-15-9-10-26-16(15)19-21-17(22-25-19)12-3-4-12/h5-12H,3-4H2,1-2H3,(H,20,23). The highest BCUT2D eigenvalue weighted by atomic mass is 32.1. The number of anilines is 1. The molecule has 0 unspecified atom stereocenters. The Hall–Kier alpha value is -2.67. The Labute approximate surface area is 155 Å². The van der Waals surface area contributed by atoms with Crippen molar-refractivity contribution >= 4 is 22.9 Å². The number of hydrogen-bond donors (Lipinski definition) is 1. The monoisotopic (exact) mass is 369 g/mol. The van der Waals surface area contributed by atoms with Crippen molar-refractivity contribution in [3.05, 3.63) is 47.1 Å². The lowest BCUT2D eigenvalue weighted by Gasteiger charge is -2.10. The molecule has 0 radical (unpaired) electrons. The van der Waals surface area contributed by atoms with E-state index in [1.165, 1.54) is 11.3 Å². The number of aromatic nitrogens is 2. The molecular formula is C19H19N3O3S. The third-order valence-corrected chi connectivity index (χ3v) is 4.88. The summed E-state index contributed by atoms with van der Waals surface area (Å²) in [4.78, 5) is 17.8. The molecule has 2 heterocycles. The van der Waals surface area contributed by atoms with Crippen molar-refractivity contribution in [2.45, 2.75) is 38.7 Å². The van der Waals surface area contributed by atoms with Crippen LogP contribution < -0.4 is 10.1 Å². The lowest BCUT2D eigenvalue weighted by atomic mass is 10.2. The van der Waals surface area contributed by atoms with Crippen molar-refractivity contribution in [2.24, 2.45) is 0 Å². The fourth-order valence-electron chi connectivity index (χ4n) is 2.56. The molecular weight excluding hydrogens is 350 g/mol. The van der Waals surface area contributed by atoms with Crippen LogP contribution >= 0.6 is 11.3 Å². The minimum Gasteiger partial charge on any atom is -0.491 e. The molecule has 0 atom stereocenters. The first-order valence-electron chi connectivity index (χ1n) is 8.59. The van der Waals surface area contributed by atoms with Gasteiger partial charge in [0.25, 0.3) is 11.8 Å². The first-order valence-corrected chi connectivity index (χ1v) is 9.47. The van der Waals surface area contributed by atoms with Gasteiger partial charge in [-0.25, -0.2) is 0 Å². The molecule has 1 amide bonds. The number of rotatable bonds is 6. The third kappa shape index (κ3) is 3.62. The third-order valence-electron chi connectivity index (χ3n) is 3.98. The van der Waals surface area contributed by atoms with E-state index in [0.717, 1.165) is 29.3 Å². The van der Waals surface area contributed by atoms with E-state index in [-0.39, 0.29) is 12.0 Å². The normalized spacial score (nSPS) is 13.8. The Morgan fingerprint density at radius 2 is 2.04 bits per heavy atom. The Bertz CT molecular complexity index is 910. The molecule has 7 heteroatoms. The largest absolute Gasteiger partial charge is 0.491 e. The van der Waals surface area contributed by atoms with E-state index in [9.17, 15) is 4.79 Å². The summed E-state index contributed by atoms with van der Waals surface area (Å²) in [5, 5.41) is 8.86. The van der Waals surface area contributed by atoms with Gasteiger partial charge in [0.15, 0.2) is 5.82 Å². The Balaban J connectivity index is 1.48. The van der Waals surface area contributed by atoms with Crippen LogP contribution in [0.3, 0.4) is 0 Å². The van der Waals surface area contributed by atoms with Crippen LogP contribution in [-0.2, 0) is 0 Å². The molecule has 0 spiro atoms. The van der Waals surface area contributed by atoms with Crippen LogP contribution in [0.1, 0.15) is 48.8 Å². The number of thiophene rings is 1. The van der Waals surface area contributed by atoms with Gasteiger partial charge in [-0.15, -0.1) is 11.3 Å². The van der Waals surface area contributed by atoms with E-state index in [1.807, 2.05) is 25.3 Å². The molecule has 0 bridgehead atoms. The quantitative estimate of drug-likeness (QED) is 0.680. The number of ether oxygens (including phenoxy) is 1. The summed E-state index contributed by atoms with van der Waals surface area (Å²) in [6.45, 7) is 3.93. The van der Waals surface area contributed by atoms with Crippen molar-refractivity contribution in [3.8, 4) is 16.5 Å². The predicted molar refractivity (Wildman–Crippen MR) is 99.7 cm³/mol. The van der Waals surface area contributed by atoms with Crippen LogP contribution in [-0.4, -0.2) is 22.2 Å². The van der Waals surface area contributed by atoms with Gasteiger partial charge in [-0.1, -0.05) is 5.16 Å². The first kappa shape index (κ1) is 16.8. The molecule has 4 rings (SSSR count). The van der Waals surface area contributed by atoms with Gasteiger partial charge in [-0.05, 0) is 62.4 Å². The number of carbonyl (C=O) groups is 1. The molecule has 1 fully saturated rings. The van der Waals surface area contributed by atoms with Crippen molar-refractivity contribution < 1.29 is 14.1 Å². The van der Waals surface area contributed by atoms with E-state index in [0.29, 0.717) is 23.1 Å². The molecule has 6 nitrogen and oxygen atoms in total. The van der Waals surface area contributed by atoms with Gasteiger partial charge in [0.05, 0.1) is 11.8 Å². The number of benzene rings is 1. The fraction of sp³-hybridized carbons (Fsp3) is 0.316. The average molecular weight is 369 g/mol. The molecule has 3 aromatic rings. The maximum Gasteiger partial charge on any atom is 0.270 e. The second kappa shape index (κ2) is 6.92. The molecule has 134 valence electrons. The Morgan fingerprint density at radius 1 is 1.27 bits per heavy atom. The van der Waals surface area contributed by atoms with Gasteiger partial charge in [0.1, 0.15) is 10.6 Å². The van der Waals surface area contributed by atoms with E-state index in [2.05, 4.69) is 15.5 Å². The van der Waals surface area contributed by atoms with Crippen LogP contribution in [0, 0.1) is 0 Å². The van der Waals surface area contributed by atoms with Gasteiger partial charge in [0, 0.05) is 11.5 Å². The molecule has 26 heavy (non-hydrogen) atoms. The van der Waals surface area contributed by atoms with Crippen molar-refractivity contribution in [2.75, 3.05) is 5.32 Å². The maximum absolute atomic E-state index is 12.5. The molecule has 1 N–H and O–H groups in total. The highest BCUT2D eigenvalue weighted by Gasteiger charge is 2.29. The number of amides is 1. The van der Waals surface area contributed by atoms with Gasteiger partial charge in [-0.2, -0.15) is 4.98 Å². The molecule has 1 aromatic carbocycles. The summed E-state index contributed by atoms with van der Waals surface area (Å²) < 4.78 is 11.0. The lowest BCUT2D eigenvalue weighted by Crippen LogP contribution is -2.12. The summed E-state index contributed by atoms with van der Waals surface area (Å²) in [5.41, 5.74) is 1.23. The van der Waals surface area contributed by atoms with Crippen molar-refractivity contribution in [1.82, 2.24) is 10.1 Å². The molecule has 2 aromatic heterocycles. The number of carbonyl (C=O) groups excluding carboxylic acids is 1. The molecule has 1 saturated carbocycles. The summed E-state index contributed by atoms with van der Waals surface area (Å²) in [7, 11) is 0. The number of nitrogens with one attached hydrogen (secondary N) is 1. The fourth-order valence-corrected chi connectivity index (χ4v) is 3.33. The van der Waals surface area contributed by atoms with Crippen molar-refractivity contribution in [1.29, 1.82) is 0 Å². The van der Waals surface area contributed by atoms with Crippen LogP contribution in [0.25, 0.3) is 10.8 Å². The van der Waals surface area contributed by atoms with E-state index < -0.39 is 0 Å².